The summed E-state index contributed by atoms with van der Waals surface area (Å²) < 4.78 is 39.8. The quantitative estimate of drug-likeness (QED) is 0.791. The molecule has 0 unspecified atom stereocenters. The number of rotatable bonds is 8. The molecule has 1 aromatic carbocycles. The Labute approximate surface area is 111 Å². The van der Waals surface area contributed by atoms with Crippen LogP contribution in [0.2, 0.25) is 0 Å². The monoisotopic (exact) mass is 275 g/mol. The zero-order valence-corrected chi connectivity index (χ0v) is 11.3. The standard InChI is InChI=1S/C13H19F2NO3/c1-4-16-7-9-5-10(17-2)13(11(6-9)18-3)19-8-12(14)15/h5-6,12,16H,4,7-8H2,1-3H3. The number of halogens is 2. The predicted molar refractivity (Wildman–Crippen MR) is 68.4 cm³/mol. The first-order chi connectivity index (χ1) is 9.12. The second kappa shape index (κ2) is 7.78. The molecule has 0 radical (unpaired) electrons. The van der Waals surface area contributed by atoms with E-state index in [1.54, 1.807) is 12.1 Å². The Bertz CT molecular complexity index is 374. The molecule has 0 heterocycles. The molecular weight excluding hydrogens is 256 g/mol. The van der Waals surface area contributed by atoms with Crippen LogP contribution in [0.25, 0.3) is 0 Å². The third-order valence-corrected chi connectivity index (χ3v) is 2.45. The first-order valence-electron chi connectivity index (χ1n) is 5.98. The van der Waals surface area contributed by atoms with Gasteiger partial charge < -0.3 is 19.5 Å². The highest BCUT2D eigenvalue weighted by Crippen LogP contribution is 2.38. The van der Waals surface area contributed by atoms with Crippen molar-refractivity contribution in [2.45, 2.75) is 19.9 Å². The molecule has 108 valence electrons. The summed E-state index contributed by atoms with van der Waals surface area (Å²) in [4.78, 5) is 0. The summed E-state index contributed by atoms with van der Waals surface area (Å²) in [5.41, 5.74) is 0.931. The van der Waals surface area contributed by atoms with Crippen molar-refractivity contribution in [2.75, 3.05) is 27.4 Å². The van der Waals surface area contributed by atoms with Gasteiger partial charge in [0.2, 0.25) is 5.75 Å². The summed E-state index contributed by atoms with van der Waals surface area (Å²) in [6.45, 7) is 2.76. The van der Waals surface area contributed by atoms with Crippen molar-refractivity contribution < 1.29 is 23.0 Å². The van der Waals surface area contributed by atoms with E-state index in [4.69, 9.17) is 14.2 Å². The van der Waals surface area contributed by atoms with Gasteiger partial charge in [0.15, 0.2) is 11.5 Å². The topological polar surface area (TPSA) is 39.7 Å². The molecule has 1 aromatic rings. The lowest BCUT2D eigenvalue weighted by atomic mass is 10.1. The average Bonchev–Trinajstić information content (AvgIpc) is 2.42. The van der Waals surface area contributed by atoms with Crippen molar-refractivity contribution in [3.05, 3.63) is 17.7 Å². The third kappa shape index (κ3) is 4.55. The summed E-state index contributed by atoms with van der Waals surface area (Å²) in [6, 6.07) is 3.48. The molecule has 0 saturated heterocycles. The van der Waals surface area contributed by atoms with Crippen molar-refractivity contribution in [3.63, 3.8) is 0 Å². The summed E-state index contributed by atoms with van der Waals surface area (Å²) >= 11 is 0. The molecule has 0 amide bonds. The third-order valence-electron chi connectivity index (χ3n) is 2.45. The van der Waals surface area contributed by atoms with Gasteiger partial charge in [0.05, 0.1) is 14.2 Å². The minimum atomic E-state index is -2.55. The number of nitrogens with one attached hydrogen (secondary N) is 1. The molecule has 1 rings (SSSR count). The van der Waals surface area contributed by atoms with Crippen LogP contribution >= 0.6 is 0 Å². The number of hydrogen-bond acceptors (Lipinski definition) is 4. The van der Waals surface area contributed by atoms with E-state index in [2.05, 4.69) is 5.32 Å². The van der Waals surface area contributed by atoms with E-state index < -0.39 is 13.0 Å². The van der Waals surface area contributed by atoms with Crippen molar-refractivity contribution in [1.29, 1.82) is 0 Å². The van der Waals surface area contributed by atoms with E-state index >= 15 is 0 Å². The average molecular weight is 275 g/mol. The second-order valence-electron chi connectivity index (χ2n) is 3.81. The second-order valence-corrected chi connectivity index (χ2v) is 3.81. The first kappa shape index (κ1) is 15.5. The summed E-state index contributed by atoms with van der Waals surface area (Å²) in [5, 5.41) is 3.16. The molecular formula is C13H19F2NO3. The number of alkyl halides is 2. The van der Waals surface area contributed by atoms with Crippen LogP contribution in [-0.2, 0) is 6.54 Å². The Hall–Kier alpha value is -1.56. The maximum absolute atomic E-state index is 12.2. The van der Waals surface area contributed by atoms with Gasteiger partial charge >= 0.3 is 0 Å². The van der Waals surface area contributed by atoms with Gasteiger partial charge in [0.1, 0.15) is 6.61 Å². The van der Waals surface area contributed by atoms with Crippen LogP contribution in [0.15, 0.2) is 12.1 Å². The van der Waals surface area contributed by atoms with Crippen LogP contribution in [0.4, 0.5) is 8.78 Å². The fourth-order valence-corrected chi connectivity index (χ4v) is 1.59. The van der Waals surface area contributed by atoms with Gasteiger partial charge in [-0.3, -0.25) is 0 Å². The van der Waals surface area contributed by atoms with Crippen LogP contribution in [0, 0.1) is 0 Å². The molecule has 0 aromatic heterocycles. The lowest BCUT2D eigenvalue weighted by molar-refractivity contribution is 0.0789. The lowest BCUT2D eigenvalue weighted by Gasteiger charge is -2.16. The van der Waals surface area contributed by atoms with Gasteiger partial charge in [-0.2, -0.15) is 0 Å². The molecule has 0 saturated carbocycles. The van der Waals surface area contributed by atoms with Crippen molar-refractivity contribution in [1.82, 2.24) is 5.32 Å². The van der Waals surface area contributed by atoms with E-state index in [9.17, 15) is 8.78 Å². The highest BCUT2D eigenvalue weighted by atomic mass is 19.3. The molecule has 4 nitrogen and oxygen atoms in total. The number of ether oxygens (including phenoxy) is 3. The molecule has 0 aliphatic rings. The molecule has 0 aliphatic carbocycles. The molecule has 0 bridgehead atoms. The van der Waals surface area contributed by atoms with Gasteiger partial charge in [-0.1, -0.05) is 6.92 Å². The number of hydrogen-bond donors (Lipinski definition) is 1. The zero-order valence-electron chi connectivity index (χ0n) is 11.3. The largest absolute Gasteiger partial charge is 0.493 e. The Morgan fingerprint density at radius 1 is 1.16 bits per heavy atom. The van der Waals surface area contributed by atoms with Gasteiger partial charge in [-0.15, -0.1) is 0 Å². The SMILES string of the molecule is CCNCc1cc(OC)c(OCC(F)F)c(OC)c1. The minimum Gasteiger partial charge on any atom is -0.493 e. The normalized spacial score (nSPS) is 10.6. The highest BCUT2D eigenvalue weighted by molar-refractivity contribution is 5.53. The maximum Gasteiger partial charge on any atom is 0.272 e. The molecule has 1 N–H and O–H groups in total. The van der Waals surface area contributed by atoms with Gasteiger partial charge in [0.25, 0.3) is 6.43 Å². The highest BCUT2D eigenvalue weighted by Gasteiger charge is 2.16. The molecule has 19 heavy (non-hydrogen) atoms. The summed E-state index contributed by atoms with van der Waals surface area (Å²) in [6.07, 6.45) is -2.55. The zero-order chi connectivity index (χ0) is 14.3. The fourth-order valence-electron chi connectivity index (χ4n) is 1.59. The molecule has 0 aliphatic heterocycles. The van der Waals surface area contributed by atoms with Crippen LogP contribution in [0.5, 0.6) is 17.2 Å². The van der Waals surface area contributed by atoms with Crippen LogP contribution in [0.3, 0.4) is 0 Å². The smallest absolute Gasteiger partial charge is 0.272 e. The Kier molecular flexibility index (Phi) is 6.35. The van der Waals surface area contributed by atoms with Gasteiger partial charge in [-0.05, 0) is 24.2 Å². The van der Waals surface area contributed by atoms with E-state index in [-0.39, 0.29) is 5.75 Å². The van der Waals surface area contributed by atoms with Gasteiger partial charge in [0, 0.05) is 6.54 Å². The molecule has 6 heteroatoms. The van der Waals surface area contributed by atoms with Crippen LogP contribution in [-0.4, -0.2) is 33.8 Å². The predicted octanol–water partition coefficient (Wildman–Crippen LogP) is 2.46. The van der Waals surface area contributed by atoms with E-state index in [1.807, 2.05) is 6.92 Å². The van der Waals surface area contributed by atoms with E-state index in [0.29, 0.717) is 18.0 Å². The fraction of sp³-hybridized carbons (Fsp3) is 0.538. The van der Waals surface area contributed by atoms with Crippen molar-refractivity contribution >= 4 is 0 Å². The Morgan fingerprint density at radius 3 is 2.16 bits per heavy atom. The maximum atomic E-state index is 12.2. The molecule has 0 atom stereocenters. The van der Waals surface area contributed by atoms with Crippen LogP contribution < -0.4 is 19.5 Å². The van der Waals surface area contributed by atoms with Crippen molar-refractivity contribution in [3.8, 4) is 17.2 Å². The summed E-state index contributed by atoms with van der Waals surface area (Å²) in [7, 11) is 2.92. The lowest BCUT2D eigenvalue weighted by Crippen LogP contribution is -2.13. The molecule has 0 fully saturated rings. The molecule has 0 spiro atoms. The number of benzene rings is 1. The van der Waals surface area contributed by atoms with Gasteiger partial charge in [-0.25, -0.2) is 8.78 Å². The Morgan fingerprint density at radius 2 is 1.74 bits per heavy atom. The first-order valence-corrected chi connectivity index (χ1v) is 5.98. The van der Waals surface area contributed by atoms with E-state index in [1.165, 1.54) is 14.2 Å². The number of methoxy groups -OCH3 is 2. The van der Waals surface area contributed by atoms with Crippen molar-refractivity contribution in [2.24, 2.45) is 0 Å². The van der Waals surface area contributed by atoms with E-state index in [0.717, 1.165) is 12.1 Å². The van der Waals surface area contributed by atoms with Crippen LogP contribution in [0.1, 0.15) is 12.5 Å². The minimum absolute atomic E-state index is 0.200. The summed E-state index contributed by atoms with van der Waals surface area (Å²) in [5.74, 6) is 0.964. The Balaban J connectivity index is 2.99.